The minimum Gasteiger partial charge on any atom is -0.397 e. The van der Waals surface area contributed by atoms with Crippen LogP contribution >= 0.6 is 15.9 Å². The lowest BCUT2D eigenvalue weighted by Gasteiger charge is -2.38. The standard InChI is InChI=1S/C12H17BrN4/c13-11-6-9(14)7-15-12(11)17-5-4-16-3-1-2-10(16)8-17/h6-7,10H,1-5,8,14H2. The second-order valence-corrected chi connectivity index (χ2v) is 5.71. The molecule has 2 aliphatic rings. The second kappa shape index (κ2) is 4.46. The van der Waals surface area contributed by atoms with E-state index < -0.39 is 0 Å². The zero-order chi connectivity index (χ0) is 11.8. The predicted molar refractivity (Wildman–Crippen MR) is 73.2 cm³/mol. The zero-order valence-corrected chi connectivity index (χ0v) is 11.4. The normalized spacial score (nSPS) is 25.0. The van der Waals surface area contributed by atoms with Gasteiger partial charge < -0.3 is 10.6 Å². The van der Waals surface area contributed by atoms with Gasteiger partial charge in [-0.05, 0) is 41.4 Å². The van der Waals surface area contributed by atoms with Crippen LogP contribution in [0.5, 0.6) is 0 Å². The van der Waals surface area contributed by atoms with Crippen LogP contribution in [0.2, 0.25) is 0 Å². The van der Waals surface area contributed by atoms with Crippen LogP contribution in [0.4, 0.5) is 11.5 Å². The number of piperazine rings is 1. The van der Waals surface area contributed by atoms with Gasteiger partial charge in [-0.2, -0.15) is 0 Å². The molecule has 1 aromatic heterocycles. The summed E-state index contributed by atoms with van der Waals surface area (Å²) >= 11 is 3.56. The Hall–Kier alpha value is -0.810. The topological polar surface area (TPSA) is 45.4 Å². The summed E-state index contributed by atoms with van der Waals surface area (Å²) in [4.78, 5) is 9.42. The Bertz CT molecular complexity index is 423. The van der Waals surface area contributed by atoms with Gasteiger partial charge in [-0.25, -0.2) is 4.98 Å². The van der Waals surface area contributed by atoms with E-state index in [1.54, 1.807) is 6.20 Å². The van der Waals surface area contributed by atoms with E-state index in [0.29, 0.717) is 5.69 Å². The van der Waals surface area contributed by atoms with Crippen molar-refractivity contribution in [2.45, 2.75) is 18.9 Å². The summed E-state index contributed by atoms with van der Waals surface area (Å²) in [6.07, 6.45) is 4.40. The lowest BCUT2D eigenvalue weighted by molar-refractivity contribution is 0.230. The van der Waals surface area contributed by atoms with Gasteiger partial charge >= 0.3 is 0 Å². The number of nitrogen functional groups attached to an aromatic ring is 1. The molecular formula is C12H17BrN4. The van der Waals surface area contributed by atoms with Gasteiger partial charge in [-0.1, -0.05) is 0 Å². The van der Waals surface area contributed by atoms with E-state index in [1.807, 2.05) is 6.07 Å². The fraction of sp³-hybridized carbons (Fsp3) is 0.583. The monoisotopic (exact) mass is 296 g/mol. The van der Waals surface area contributed by atoms with Gasteiger partial charge in [0.15, 0.2) is 0 Å². The van der Waals surface area contributed by atoms with Gasteiger partial charge in [0.2, 0.25) is 0 Å². The predicted octanol–water partition coefficient (Wildman–Crippen LogP) is 1.71. The molecule has 2 N–H and O–H groups in total. The van der Waals surface area contributed by atoms with E-state index in [2.05, 4.69) is 30.7 Å². The molecule has 1 aromatic rings. The number of anilines is 2. The van der Waals surface area contributed by atoms with Crippen LogP contribution < -0.4 is 10.6 Å². The van der Waals surface area contributed by atoms with E-state index in [4.69, 9.17) is 5.73 Å². The van der Waals surface area contributed by atoms with Crippen molar-refractivity contribution < 1.29 is 0 Å². The molecule has 1 atom stereocenters. The average Bonchev–Trinajstić information content (AvgIpc) is 2.75. The van der Waals surface area contributed by atoms with E-state index in [-0.39, 0.29) is 0 Å². The van der Waals surface area contributed by atoms with E-state index >= 15 is 0 Å². The van der Waals surface area contributed by atoms with Gasteiger partial charge in [-0.15, -0.1) is 0 Å². The van der Waals surface area contributed by atoms with Crippen molar-refractivity contribution in [2.24, 2.45) is 0 Å². The number of aromatic nitrogens is 1. The first kappa shape index (κ1) is 11.3. The maximum absolute atomic E-state index is 5.72. The highest BCUT2D eigenvalue weighted by Crippen LogP contribution is 2.29. The Morgan fingerprint density at radius 3 is 3.06 bits per heavy atom. The van der Waals surface area contributed by atoms with Gasteiger partial charge in [0.25, 0.3) is 0 Å². The molecule has 0 aromatic carbocycles. The van der Waals surface area contributed by atoms with Gasteiger partial charge in [0.1, 0.15) is 5.82 Å². The summed E-state index contributed by atoms with van der Waals surface area (Å²) in [5, 5.41) is 0. The molecule has 3 rings (SSSR count). The molecule has 3 heterocycles. The summed E-state index contributed by atoms with van der Waals surface area (Å²) in [5.41, 5.74) is 6.43. The van der Waals surface area contributed by atoms with Crippen molar-refractivity contribution >= 4 is 27.4 Å². The summed E-state index contributed by atoms with van der Waals surface area (Å²) in [7, 11) is 0. The number of nitrogens with two attached hydrogens (primary N) is 1. The molecule has 0 spiro atoms. The summed E-state index contributed by atoms with van der Waals surface area (Å²) in [6.45, 7) is 4.58. The number of nitrogens with zero attached hydrogens (tertiary/aromatic N) is 3. The van der Waals surface area contributed by atoms with Gasteiger partial charge in [0.05, 0.1) is 16.4 Å². The lowest BCUT2D eigenvalue weighted by Crippen LogP contribution is -2.50. The molecule has 2 saturated heterocycles. The number of hydrogen-bond acceptors (Lipinski definition) is 4. The van der Waals surface area contributed by atoms with Crippen LogP contribution in [0.15, 0.2) is 16.7 Å². The Labute approximate surface area is 110 Å². The first-order chi connectivity index (χ1) is 8.24. The van der Waals surface area contributed by atoms with E-state index in [9.17, 15) is 0 Å². The van der Waals surface area contributed by atoms with Crippen molar-refractivity contribution in [3.63, 3.8) is 0 Å². The first-order valence-corrected chi connectivity index (χ1v) is 6.93. The maximum Gasteiger partial charge on any atom is 0.143 e. The SMILES string of the molecule is Nc1cnc(N2CCN3CCCC3C2)c(Br)c1. The van der Waals surface area contributed by atoms with E-state index in [0.717, 1.165) is 36.0 Å². The average molecular weight is 297 g/mol. The van der Waals surface area contributed by atoms with Crippen molar-refractivity contribution in [2.75, 3.05) is 36.8 Å². The highest BCUT2D eigenvalue weighted by molar-refractivity contribution is 9.10. The summed E-state index contributed by atoms with van der Waals surface area (Å²) < 4.78 is 1.00. The fourth-order valence-corrected chi connectivity index (χ4v) is 3.48. The van der Waals surface area contributed by atoms with Crippen LogP contribution in [0, 0.1) is 0 Å². The van der Waals surface area contributed by atoms with Crippen molar-refractivity contribution in [1.82, 2.24) is 9.88 Å². The van der Waals surface area contributed by atoms with Gasteiger partial charge in [0, 0.05) is 25.7 Å². The highest BCUT2D eigenvalue weighted by Gasteiger charge is 2.31. The zero-order valence-electron chi connectivity index (χ0n) is 9.77. The van der Waals surface area contributed by atoms with Gasteiger partial charge in [-0.3, -0.25) is 4.90 Å². The highest BCUT2D eigenvalue weighted by atomic mass is 79.9. The van der Waals surface area contributed by atoms with Crippen molar-refractivity contribution in [1.29, 1.82) is 0 Å². The van der Waals surface area contributed by atoms with Crippen molar-refractivity contribution in [3.05, 3.63) is 16.7 Å². The number of hydrogen-bond donors (Lipinski definition) is 1. The molecule has 5 heteroatoms. The molecular weight excluding hydrogens is 280 g/mol. The molecule has 2 fully saturated rings. The van der Waals surface area contributed by atoms with Crippen LogP contribution in [-0.2, 0) is 0 Å². The fourth-order valence-electron chi connectivity index (χ4n) is 2.86. The molecule has 4 nitrogen and oxygen atoms in total. The minimum absolute atomic E-state index is 0.708. The molecule has 2 aliphatic heterocycles. The molecule has 0 radical (unpaired) electrons. The van der Waals surface area contributed by atoms with Crippen molar-refractivity contribution in [3.8, 4) is 0 Å². The summed E-state index contributed by atoms with van der Waals surface area (Å²) in [5.74, 6) is 1.03. The third-order valence-corrected chi connectivity index (χ3v) is 4.31. The molecule has 0 amide bonds. The molecule has 0 aliphatic carbocycles. The van der Waals surface area contributed by atoms with Crippen LogP contribution in [0.25, 0.3) is 0 Å². The molecule has 17 heavy (non-hydrogen) atoms. The van der Waals surface area contributed by atoms with Crippen LogP contribution in [0.3, 0.4) is 0 Å². The Morgan fingerprint density at radius 1 is 1.35 bits per heavy atom. The van der Waals surface area contributed by atoms with E-state index in [1.165, 1.54) is 19.4 Å². The quantitative estimate of drug-likeness (QED) is 0.857. The molecule has 0 saturated carbocycles. The lowest BCUT2D eigenvalue weighted by atomic mass is 10.1. The second-order valence-electron chi connectivity index (χ2n) is 4.85. The third-order valence-electron chi connectivity index (χ3n) is 3.73. The largest absolute Gasteiger partial charge is 0.397 e. The van der Waals surface area contributed by atoms with Crippen LogP contribution in [0.1, 0.15) is 12.8 Å². The summed E-state index contributed by atoms with van der Waals surface area (Å²) in [6, 6.07) is 2.65. The number of rotatable bonds is 1. The Morgan fingerprint density at radius 2 is 2.24 bits per heavy atom. The Kier molecular flexibility index (Phi) is 2.96. The molecule has 1 unspecified atom stereocenters. The maximum atomic E-state index is 5.72. The van der Waals surface area contributed by atoms with Crippen LogP contribution in [-0.4, -0.2) is 42.1 Å². The molecule has 92 valence electrons. The third kappa shape index (κ3) is 2.13. The number of fused-ring (bicyclic) bond motifs is 1. The minimum atomic E-state index is 0.708. The number of pyridine rings is 1. The smallest absolute Gasteiger partial charge is 0.143 e. The number of halogens is 1. The first-order valence-electron chi connectivity index (χ1n) is 6.14. The Balaban J connectivity index is 1.80. The molecule has 0 bridgehead atoms.